The molecule has 0 aliphatic heterocycles. The van der Waals surface area contributed by atoms with E-state index in [4.69, 9.17) is 22.2 Å². The normalized spacial score (nSPS) is 11.4. The lowest BCUT2D eigenvalue weighted by molar-refractivity contribution is 0.130. The van der Waals surface area contributed by atoms with Gasteiger partial charge in [-0.2, -0.15) is 0 Å². The van der Waals surface area contributed by atoms with Crippen LogP contribution in [0.2, 0.25) is 5.02 Å². The number of nitrogens with zero attached hydrogens (tertiary/aromatic N) is 1. The summed E-state index contributed by atoms with van der Waals surface area (Å²) in [7, 11) is 0. The number of halogens is 1. The minimum absolute atomic E-state index is 0.365. The smallest absolute Gasteiger partial charge is 0.170 e. The van der Waals surface area contributed by atoms with E-state index >= 15 is 0 Å². The lowest BCUT2D eigenvalue weighted by Crippen LogP contribution is -2.15. The van der Waals surface area contributed by atoms with Crippen molar-refractivity contribution in [2.24, 2.45) is 10.9 Å². The van der Waals surface area contributed by atoms with Crippen molar-refractivity contribution in [1.29, 1.82) is 0 Å². The average molecular weight is 275 g/mol. The Kier molecular flexibility index (Phi) is 4.42. The van der Waals surface area contributed by atoms with Crippen LogP contribution in [0.5, 0.6) is 0 Å². The van der Waals surface area contributed by atoms with Crippen LogP contribution >= 0.6 is 11.6 Å². The van der Waals surface area contributed by atoms with Crippen LogP contribution in [-0.4, -0.2) is 5.84 Å². The number of amidine groups is 1. The van der Waals surface area contributed by atoms with E-state index in [2.05, 4.69) is 5.16 Å². The number of hydrogen-bond donors (Lipinski definition) is 1. The molecule has 0 amide bonds. The average Bonchev–Trinajstić information content (AvgIpc) is 2.41. The number of rotatable bonds is 4. The largest absolute Gasteiger partial charge is 0.389 e. The zero-order chi connectivity index (χ0) is 13.7. The van der Waals surface area contributed by atoms with Gasteiger partial charge >= 0.3 is 0 Å². The molecule has 4 heteroatoms. The van der Waals surface area contributed by atoms with Crippen LogP contribution in [-0.2, 0) is 11.4 Å². The monoisotopic (exact) mass is 274 g/mol. The van der Waals surface area contributed by atoms with E-state index in [-0.39, 0.29) is 0 Å². The predicted molar refractivity (Wildman–Crippen MR) is 78.1 cm³/mol. The summed E-state index contributed by atoms with van der Waals surface area (Å²) in [5.41, 5.74) is 8.84. The van der Waals surface area contributed by atoms with Gasteiger partial charge in [-0.15, -0.1) is 0 Å². The summed E-state index contributed by atoms with van der Waals surface area (Å²) in [6.07, 6.45) is 0. The Morgan fingerprint density at radius 1 is 1.16 bits per heavy atom. The molecule has 0 fully saturated rings. The third-order valence-corrected chi connectivity index (χ3v) is 2.98. The van der Waals surface area contributed by atoms with Gasteiger partial charge < -0.3 is 10.6 Å². The van der Waals surface area contributed by atoms with Crippen molar-refractivity contribution in [3.63, 3.8) is 0 Å². The van der Waals surface area contributed by atoms with E-state index < -0.39 is 0 Å². The van der Waals surface area contributed by atoms with Gasteiger partial charge in [-0.3, -0.25) is 0 Å². The molecule has 98 valence electrons. The maximum absolute atomic E-state index is 5.89. The molecule has 0 bridgehead atoms. The first kappa shape index (κ1) is 13.4. The van der Waals surface area contributed by atoms with Gasteiger partial charge in [0.05, 0.1) is 0 Å². The molecular formula is C15H15ClN2O. The number of nitrogens with two attached hydrogens (primary N) is 1. The molecule has 0 heterocycles. The molecule has 0 atom stereocenters. The highest BCUT2D eigenvalue weighted by atomic mass is 35.5. The molecule has 2 aromatic rings. The predicted octanol–water partition coefficient (Wildman–Crippen LogP) is 3.49. The molecule has 0 aromatic heterocycles. The Bertz CT molecular complexity index is 579. The Labute approximate surface area is 117 Å². The van der Waals surface area contributed by atoms with E-state index in [0.29, 0.717) is 17.5 Å². The zero-order valence-electron chi connectivity index (χ0n) is 10.6. The van der Waals surface area contributed by atoms with Gasteiger partial charge in [0.25, 0.3) is 0 Å². The molecule has 0 unspecified atom stereocenters. The molecule has 2 N–H and O–H groups in total. The summed E-state index contributed by atoms with van der Waals surface area (Å²) in [4.78, 5) is 5.25. The van der Waals surface area contributed by atoms with Crippen molar-refractivity contribution in [3.05, 3.63) is 70.2 Å². The van der Waals surface area contributed by atoms with E-state index in [1.54, 1.807) is 0 Å². The fourth-order valence-electron chi connectivity index (χ4n) is 1.67. The van der Waals surface area contributed by atoms with E-state index in [9.17, 15) is 0 Å². The summed E-state index contributed by atoms with van der Waals surface area (Å²) >= 11 is 5.81. The first-order valence-corrected chi connectivity index (χ1v) is 6.30. The standard InChI is InChI=1S/C15H15ClN2O/c1-11-4-2-3-5-14(11)15(17)18-19-10-12-6-8-13(16)9-7-12/h2-9H,10H2,1H3,(H2,17,18). The summed E-state index contributed by atoms with van der Waals surface area (Å²) in [6, 6.07) is 15.2. The second kappa shape index (κ2) is 6.25. The number of benzene rings is 2. The lowest BCUT2D eigenvalue weighted by Gasteiger charge is -2.05. The van der Waals surface area contributed by atoms with E-state index in [1.807, 2.05) is 55.5 Å². The Hall–Kier alpha value is -2.00. The van der Waals surface area contributed by atoms with E-state index in [0.717, 1.165) is 16.7 Å². The van der Waals surface area contributed by atoms with Crippen molar-refractivity contribution < 1.29 is 4.84 Å². The number of oxime groups is 1. The Balaban J connectivity index is 1.99. The molecule has 0 spiro atoms. The lowest BCUT2D eigenvalue weighted by atomic mass is 10.1. The van der Waals surface area contributed by atoms with Crippen LogP contribution in [0.1, 0.15) is 16.7 Å². The van der Waals surface area contributed by atoms with Gasteiger partial charge in [0.2, 0.25) is 0 Å². The molecule has 2 rings (SSSR count). The number of hydrogen-bond acceptors (Lipinski definition) is 2. The zero-order valence-corrected chi connectivity index (χ0v) is 11.4. The SMILES string of the molecule is Cc1ccccc1C(N)=NOCc1ccc(Cl)cc1. The van der Waals surface area contributed by atoms with E-state index in [1.165, 1.54) is 0 Å². The highest BCUT2D eigenvalue weighted by Crippen LogP contribution is 2.11. The van der Waals surface area contributed by atoms with Crippen LogP contribution < -0.4 is 5.73 Å². The molecule has 0 saturated carbocycles. The van der Waals surface area contributed by atoms with Crippen molar-refractivity contribution >= 4 is 17.4 Å². The van der Waals surface area contributed by atoms with Crippen LogP contribution in [0.25, 0.3) is 0 Å². The fourth-order valence-corrected chi connectivity index (χ4v) is 1.79. The Morgan fingerprint density at radius 2 is 1.84 bits per heavy atom. The van der Waals surface area contributed by atoms with Gasteiger partial charge in [0, 0.05) is 10.6 Å². The van der Waals surface area contributed by atoms with Gasteiger partial charge in [0.1, 0.15) is 6.61 Å². The highest BCUT2D eigenvalue weighted by molar-refractivity contribution is 6.30. The molecule has 3 nitrogen and oxygen atoms in total. The maximum atomic E-state index is 5.89. The number of aryl methyl sites for hydroxylation is 1. The molecule has 2 aromatic carbocycles. The molecular weight excluding hydrogens is 260 g/mol. The van der Waals surface area contributed by atoms with Crippen LogP contribution in [0.3, 0.4) is 0 Å². The minimum Gasteiger partial charge on any atom is -0.389 e. The molecule has 0 aliphatic rings. The molecule has 0 radical (unpaired) electrons. The van der Waals surface area contributed by atoms with Crippen LogP contribution in [0.4, 0.5) is 0 Å². The second-order valence-electron chi connectivity index (χ2n) is 4.19. The first-order chi connectivity index (χ1) is 9.16. The van der Waals surface area contributed by atoms with Crippen LogP contribution in [0.15, 0.2) is 53.7 Å². The van der Waals surface area contributed by atoms with Gasteiger partial charge in [-0.1, -0.05) is 53.2 Å². The molecule has 0 saturated heterocycles. The van der Waals surface area contributed by atoms with Crippen molar-refractivity contribution in [3.8, 4) is 0 Å². The molecule has 0 aliphatic carbocycles. The highest BCUT2D eigenvalue weighted by Gasteiger charge is 2.02. The van der Waals surface area contributed by atoms with Gasteiger partial charge in [0.15, 0.2) is 5.84 Å². The van der Waals surface area contributed by atoms with Gasteiger partial charge in [-0.25, -0.2) is 0 Å². The molecule has 19 heavy (non-hydrogen) atoms. The van der Waals surface area contributed by atoms with Gasteiger partial charge in [-0.05, 0) is 30.2 Å². The van der Waals surface area contributed by atoms with Crippen molar-refractivity contribution in [2.75, 3.05) is 0 Å². The summed E-state index contributed by atoms with van der Waals surface area (Å²) in [5, 5.41) is 4.64. The first-order valence-electron chi connectivity index (χ1n) is 5.92. The van der Waals surface area contributed by atoms with Crippen LogP contribution in [0, 0.1) is 6.92 Å². The third kappa shape index (κ3) is 3.73. The van der Waals surface area contributed by atoms with Crippen molar-refractivity contribution in [2.45, 2.75) is 13.5 Å². The quantitative estimate of drug-likeness (QED) is 0.527. The Morgan fingerprint density at radius 3 is 2.53 bits per heavy atom. The second-order valence-corrected chi connectivity index (χ2v) is 4.63. The minimum atomic E-state index is 0.365. The summed E-state index contributed by atoms with van der Waals surface area (Å²) in [5.74, 6) is 0.382. The summed E-state index contributed by atoms with van der Waals surface area (Å²) < 4.78 is 0. The fraction of sp³-hybridized carbons (Fsp3) is 0.133. The third-order valence-electron chi connectivity index (χ3n) is 2.73. The summed E-state index contributed by atoms with van der Waals surface area (Å²) in [6.45, 7) is 2.35. The maximum Gasteiger partial charge on any atom is 0.170 e. The van der Waals surface area contributed by atoms with Crippen molar-refractivity contribution in [1.82, 2.24) is 0 Å². The topological polar surface area (TPSA) is 47.6 Å².